The maximum atomic E-state index is 13.4. The van der Waals surface area contributed by atoms with Gasteiger partial charge in [-0.3, -0.25) is 10.1 Å². The fourth-order valence-corrected chi connectivity index (χ4v) is 3.92. The summed E-state index contributed by atoms with van der Waals surface area (Å²) >= 11 is 0. The van der Waals surface area contributed by atoms with Gasteiger partial charge in [0.1, 0.15) is 11.4 Å². The number of halogens is 3. The molecule has 0 fully saturated rings. The van der Waals surface area contributed by atoms with Crippen molar-refractivity contribution < 1.29 is 27.5 Å². The zero-order valence-corrected chi connectivity index (χ0v) is 19.2. The number of aromatic hydroxyl groups is 1. The second-order valence-electron chi connectivity index (χ2n) is 8.16. The summed E-state index contributed by atoms with van der Waals surface area (Å²) < 4.78 is 45.1. The number of hydrogen-bond donors (Lipinski definition) is 2. The normalized spacial score (nSPS) is 11.3. The van der Waals surface area contributed by atoms with Gasteiger partial charge in [-0.1, -0.05) is 72.8 Å². The molecule has 4 aromatic carbocycles. The minimum atomic E-state index is -4.61. The van der Waals surface area contributed by atoms with Gasteiger partial charge in [0.25, 0.3) is 5.91 Å². The summed E-state index contributed by atoms with van der Waals surface area (Å²) in [7, 11) is 0. The molecular weight excluding hydrogens is 481 g/mol. The Morgan fingerprint density at radius 3 is 2.05 bits per heavy atom. The molecule has 1 aromatic heterocycles. The number of alkyl halides is 3. The number of aromatic nitrogens is 1. The first kappa shape index (κ1) is 23.9. The number of nitrogens with one attached hydrogen (secondary N) is 1. The lowest BCUT2D eigenvalue weighted by Gasteiger charge is -2.13. The van der Waals surface area contributed by atoms with Gasteiger partial charge in [0.15, 0.2) is 0 Å². The van der Waals surface area contributed by atoms with Crippen LogP contribution in [0.1, 0.15) is 15.9 Å². The van der Waals surface area contributed by atoms with Crippen molar-refractivity contribution in [1.29, 1.82) is 0 Å². The van der Waals surface area contributed by atoms with Crippen LogP contribution in [-0.2, 0) is 6.18 Å². The minimum Gasteiger partial charge on any atom is -0.507 e. The second-order valence-corrected chi connectivity index (χ2v) is 8.16. The van der Waals surface area contributed by atoms with Crippen LogP contribution in [0.5, 0.6) is 5.75 Å². The van der Waals surface area contributed by atoms with Crippen LogP contribution in [0.2, 0.25) is 0 Å². The molecule has 1 amide bonds. The van der Waals surface area contributed by atoms with Crippen LogP contribution in [0.15, 0.2) is 108 Å². The number of phenolic OH excluding ortho intramolecular Hbond substituents is 1. The zero-order chi connectivity index (χ0) is 26.0. The van der Waals surface area contributed by atoms with Gasteiger partial charge in [-0.2, -0.15) is 13.2 Å². The van der Waals surface area contributed by atoms with E-state index in [2.05, 4.69) is 10.3 Å². The summed E-state index contributed by atoms with van der Waals surface area (Å²) in [6.07, 6.45) is -4.61. The average molecular weight is 500 g/mol. The van der Waals surface area contributed by atoms with Crippen LogP contribution < -0.4 is 5.32 Å². The highest BCUT2D eigenvalue weighted by Crippen LogP contribution is 2.38. The largest absolute Gasteiger partial charge is 0.507 e. The molecule has 5 rings (SSSR count). The number of carbonyl (C=O) groups excluding carboxylic acids is 1. The number of oxazole rings is 1. The van der Waals surface area contributed by atoms with Crippen LogP contribution in [0, 0.1) is 0 Å². The van der Waals surface area contributed by atoms with Gasteiger partial charge in [-0.25, -0.2) is 4.98 Å². The average Bonchev–Trinajstić information content (AvgIpc) is 3.33. The van der Waals surface area contributed by atoms with Crippen molar-refractivity contribution in [3.63, 3.8) is 0 Å². The molecule has 0 radical (unpaired) electrons. The first-order valence-corrected chi connectivity index (χ1v) is 11.2. The maximum absolute atomic E-state index is 13.4. The number of carbonyl (C=O) groups is 1. The van der Waals surface area contributed by atoms with Gasteiger partial charge in [-0.15, -0.1) is 0 Å². The van der Waals surface area contributed by atoms with Crippen LogP contribution >= 0.6 is 0 Å². The molecule has 0 aliphatic carbocycles. The van der Waals surface area contributed by atoms with Crippen LogP contribution in [-0.4, -0.2) is 16.0 Å². The van der Waals surface area contributed by atoms with E-state index in [1.54, 1.807) is 18.2 Å². The van der Waals surface area contributed by atoms with E-state index in [1.807, 2.05) is 60.7 Å². The SMILES string of the molecule is O=C(Nc1oc(-c2ccccc2)nc1-c1ccccc1)c1ccccc1-c1ccc(C(F)(F)F)cc1O. The monoisotopic (exact) mass is 500 g/mol. The molecular formula is C29H19F3N2O3. The quantitative estimate of drug-likeness (QED) is 0.260. The molecule has 0 spiro atoms. The van der Waals surface area contributed by atoms with E-state index in [1.165, 1.54) is 6.07 Å². The number of amides is 1. The van der Waals surface area contributed by atoms with Gasteiger partial charge in [0, 0.05) is 22.3 Å². The molecule has 0 bridgehead atoms. The Bertz CT molecular complexity index is 1560. The summed E-state index contributed by atoms with van der Waals surface area (Å²) in [5.74, 6) is -0.751. The topological polar surface area (TPSA) is 75.4 Å². The summed E-state index contributed by atoms with van der Waals surface area (Å²) in [5, 5.41) is 13.1. The van der Waals surface area contributed by atoms with Crippen molar-refractivity contribution in [2.75, 3.05) is 5.32 Å². The fourth-order valence-electron chi connectivity index (χ4n) is 3.92. The predicted octanol–water partition coefficient (Wildman–Crippen LogP) is 7.65. The standard InChI is InChI=1S/C29H19F3N2O3/c30-29(31,32)20-15-16-22(24(35)17-20)21-13-7-8-14-23(21)26(36)34-28-25(18-9-3-1-4-10-18)33-27(37-28)19-11-5-2-6-12-19/h1-17,35H,(H,34,36). The summed E-state index contributed by atoms with van der Waals surface area (Å²) in [4.78, 5) is 18.0. The molecule has 0 unspecified atom stereocenters. The van der Waals surface area contributed by atoms with Crippen molar-refractivity contribution in [2.24, 2.45) is 0 Å². The third-order valence-corrected chi connectivity index (χ3v) is 5.71. The van der Waals surface area contributed by atoms with Gasteiger partial charge < -0.3 is 9.52 Å². The fraction of sp³-hybridized carbons (Fsp3) is 0.0345. The molecule has 0 atom stereocenters. The Hall–Kier alpha value is -4.85. The van der Waals surface area contributed by atoms with Crippen molar-refractivity contribution in [3.05, 3.63) is 114 Å². The van der Waals surface area contributed by atoms with E-state index >= 15 is 0 Å². The molecule has 0 saturated carbocycles. The van der Waals surface area contributed by atoms with Crippen LogP contribution in [0.25, 0.3) is 33.8 Å². The Labute approximate surface area is 209 Å². The first-order chi connectivity index (χ1) is 17.8. The molecule has 1 heterocycles. The van der Waals surface area contributed by atoms with Crippen molar-refractivity contribution in [3.8, 4) is 39.6 Å². The number of rotatable bonds is 5. The highest BCUT2D eigenvalue weighted by Gasteiger charge is 2.31. The molecule has 8 heteroatoms. The van der Waals surface area contributed by atoms with Gasteiger partial charge in [0.2, 0.25) is 11.8 Å². The van der Waals surface area contributed by atoms with Crippen molar-refractivity contribution in [1.82, 2.24) is 4.98 Å². The van der Waals surface area contributed by atoms with E-state index in [4.69, 9.17) is 4.42 Å². The molecule has 2 N–H and O–H groups in total. The van der Waals surface area contributed by atoms with E-state index in [0.29, 0.717) is 17.7 Å². The third kappa shape index (κ3) is 4.95. The molecule has 0 aliphatic rings. The highest BCUT2D eigenvalue weighted by atomic mass is 19.4. The van der Waals surface area contributed by atoms with Gasteiger partial charge >= 0.3 is 6.18 Å². The zero-order valence-electron chi connectivity index (χ0n) is 19.2. The van der Waals surface area contributed by atoms with E-state index < -0.39 is 23.4 Å². The van der Waals surface area contributed by atoms with E-state index in [0.717, 1.165) is 23.3 Å². The number of anilines is 1. The third-order valence-electron chi connectivity index (χ3n) is 5.71. The van der Waals surface area contributed by atoms with Crippen LogP contribution in [0.4, 0.5) is 19.1 Å². The molecule has 0 saturated heterocycles. The summed E-state index contributed by atoms with van der Waals surface area (Å²) in [6.45, 7) is 0. The molecule has 184 valence electrons. The van der Waals surface area contributed by atoms with Gasteiger partial charge in [-0.05, 0) is 35.9 Å². The number of nitrogens with zero attached hydrogens (tertiary/aromatic N) is 1. The summed E-state index contributed by atoms with van der Waals surface area (Å²) in [6, 6.07) is 27.3. The first-order valence-electron chi connectivity index (χ1n) is 11.2. The van der Waals surface area contributed by atoms with E-state index in [-0.39, 0.29) is 22.6 Å². The molecule has 0 aliphatic heterocycles. The summed E-state index contributed by atoms with van der Waals surface area (Å²) in [5.41, 5.74) is 1.35. The van der Waals surface area contributed by atoms with Crippen LogP contribution in [0.3, 0.4) is 0 Å². The Balaban J connectivity index is 1.53. The smallest absolute Gasteiger partial charge is 0.416 e. The lowest BCUT2D eigenvalue weighted by Crippen LogP contribution is -2.13. The Morgan fingerprint density at radius 2 is 1.41 bits per heavy atom. The molecule has 37 heavy (non-hydrogen) atoms. The Morgan fingerprint density at radius 1 is 0.784 bits per heavy atom. The Kier molecular flexibility index (Phi) is 6.23. The second kappa shape index (κ2) is 9.66. The molecule has 5 aromatic rings. The van der Waals surface area contributed by atoms with Gasteiger partial charge in [0.05, 0.1) is 5.56 Å². The minimum absolute atomic E-state index is 0.0876. The van der Waals surface area contributed by atoms with Crippen molar-refractivity contribution >= 4 is 11.8 Å². The van der Waals surface area contributed by atoms with E-state index in [9.17, 15) is 23.1 Å². The predicted molar refractivity (Wildman–Crippen MR) is 134 cm³/mol. The molecule has 5 nitrogen and oxygen atoms in total. The number of hydrogen-bond acceptors (Lipinski definition) is 4. The number of phenols is 1. The maximum Gasteiger partial charge on any atom is 0.416 e. The lowest BCUT2D eigenvalue weighted by molar-refractivity contribution is -0.137. The van der Waals surface area contributed by atoms with Crippen molar-refractivity contribution in [2.45, 2.75) is 6.18 Å². The number of benzene rings is 4. The highest BCUT2D eigenvalue weighted by molar-refractivity contribution is 6.09. The lowest BCUT2D eigenvalue weighted by atomic mass is 9.97.